The Labute approximate surface area is 78.7 Å². The average molecular weight is 227 g/mol. The molecular weight excluding hydrogens is 220 g/mol. The molecule has 0 spiro atoms. The van der Waals surface area contributed by atoms with Crippen LogP contribution in [0.25, 0.3) is 6.08 Å². The summed E-state index contributed by atoms with van der Waals surface area (Å²) in [6, 6.07) is 5.08. The molecule has 0 fully saturated rings. The first-order valence-electron chi connectivity index (χ1n) is 3.35. The molecular formula is C9H7BrO2. The summed E-state index contributed by atoms with van der Waals surface area (Å²) in [5, 5.41) is 9.23. The highest BCUT2D eigenvalue weighted by Gasteiger charge is 1.99. The van der Waals surface area contributed by atoms with Gasteiger partial charge in [0.2, 0.25) is 0 Å². The zero-order valence-electron chi connectivity index (χ0n) is 6.20. The molecule has 0 saturated heterocycles. The number of aromatic hydroxyl groups is 1. The second kappa shape index (κ2) is 4.07. The summed E-state index contributed by atoms with van der Waals surface area (Å²) in [7, 11) is 0. The van der Waals surface area contributed by atoms with Crippen molar-refractivity contribution in [3.05, 3.63) is 34.3 Å². The Bertz CT molecular complexity index is 318. The van der Waals surface area contributed by atoms with Crippen LogP contribution >= 0.6 is 15.9 Å². The van der Waals surface area contributed by atoms with Crippen molar-refractivity contribution in [1.29, 1.82) is 0 Å². The van der Waals surface area contributed by atoms with Gasteiger partial charge in [0.15, 0.2) is 0 Å². The van der Waals surface area contributed by atoms with E-state index in [-0.39, 0.29) is 5.75 Å². The first-order valence-corrected chi connectivity index (χ1v) is 4.14. The predicted molar refractivity (Wildman–Crippen MR) is 50.9 cm³/mol. The van der Waals surface area contributed by atoms with Crippen molar-refractivity contribution in [2.24, 2.45) is 0 Å². The van der Waals surface area contributed by atoms with E-state index in [0.29, 0.717) is 10.8 Å². The van der Waals surface area contributed by atoms with Gasteiger partial charge in [-0.05, 0) is 33.6 Å². The van der Waals surface area contributed by atoms with Crippen LogP contribution in [0.2, 0.25) is 0 Å². The Morgan fingerprint density at radius 2 is 2.17 bits per heavy atom. The molecule has 0 unspecified atom stereocenters. The largest absolute Gasteiger partial charge is 0.507 e. The summed E-state index contributed by atoms with van der Waals surface area (Å²) in [4.78, 5) is 10.0. The number of hydrogen-bond donors (Lipinski definition) is 1. The van der Waals surface area contributed by atoms with Gasteiger partial charge < -0.3 is 5.11 Å². The lowest BCUT2D eigenvalue weighted by atomic mass is 10.2. The molecule has 0 aliphatic rings. The van der Waals surface area contributed by atoms with Gasteiger partial charge in [-0.15, -0.1) is 0 Å². The average Bonchev–Trinajstić information content (AvgIpc) is 2.08. The second-order valence-electron chi connectivity index (χ2n) is 2.18. The number of phenols is 1. The van der Waals surface area contributed by atoms with E-state index in [9.17, 15) is 9.90 Å². The number of rotatable bonds is 2. The highest BCUT2D eigenvalue weighted by molar-refractivity contribution is 9.10. The van der Waals surface area contributed by atoms with Gasteiger partial charge in [-0.1, -0.05) is 18.2 Å². The molecule has 1 aromatic carbocycles. The van der Waals surface area contributed by atoms with E-state index in [1.54, 1.807) is 24.3 Å². The topological polar surface area (TPSA) is 37.3 Å². The fourth-order valence-corrected chi connectivity index (χ4v) is 1.21. The Balaban J connectivity index is 3.07. The van der Waals surface area contributed by atoms with Crippen molar-refractivity contribution >= 4 is 28.3 Å². The summed E-state index contributed by atoms with van der Waals surface area (Å²) in [5.41, 5.74) is 0.780. The third kappa shape index (κ3) is 1.95. The standard InChI is InChI=1S/C9H7BrO2/c10-9-7(4-2-6-11)3-1-5-8(9)12/h1-6,12H/b4-2+. The zero-order valence-corrected chi connectivity index (χ0v) is 7.78. The van der Waals surface area contributed by atoms with Gasteiger partial charge in [-0.25, -0.2) is 0 Å². The zero-order chi connectivity index (χ0) is 8.97. The molecule has 0 aromatic heterocycles. The molecule has 3 heteroatoms. The Morgan fingerprint density at radius 3 is 2.83 bits per heavy atom. The maximum Gasteiger partial charge on any atom is 0.142 e. The molecule has 0 atom stereocenters. The number of phenolic OH excluding ortho intramolecular Hbond substituents is 1. The van der Waals surface area contributed by atoms with Gasteiger partial charge >= 0.3 is 0 Å². The SMILES string of the molecule is O=C/C=C/c1cccc(O)c1Br. The third-order valence-electron chi connectivity index (χ3n) is 1.36. The van der Waals surface area contributed by atoms with Gasteiger partial charge in [0.25, 0.3) is 0 Å². The number of halogens is 1. The smallest absolute Gasteiger partial charge is 0.142 e. The number of benzene rings is 1. The van der Waals surface area contributed by atoms with E-state index in [2.05, 4.69) is 15.9 Å². The molecule has 1 N–H and O–H groups in total. The minimum Gasteiger partial charge on any atom is -0.507 e. The molecule has 1 rings (SSSR count). The Hall–Kier alpha value is -1.09. The van der Waals surface area contributed by atoms with E-state index in [1.165, 1.54) is 6.08 Å². The van der Waals surface area contributed by atoms with E-state index in [4.69, 9.17) is 0 Å². The van der Waals surface area contributed by atoms with Crippen LogP contribution in [0.3, 0.4) is 0 Å². The van der Waals surface area contributed by atoms with E-state index >= 15 is 0 Å². The molecule has 0 aliphatic carbocycles. The summed E-state index contributed by atoms with van der Waals surface area (Å²) in [6.07, 6.45) is 3.69. The number of carbonyl (C=O) groups is 1. The number of hydrogen-bond acceptors (Lipinski definition) is 2. The molecule has 0 radical (unpaired) electrons. The molecule has 12 heavy (non-hydrogen) atoms. The quantitative estimate of drug-likeness (QED) is 0.622. The first-order chi connectivity index (χ1) is 5.75. The monoisotopic (exact) mass is 226 g/mol. The highest BCUT2D eigenvalue weighted by Crippen LogP contribution is 2.27. The van der Waals surface area contributed by atoms with Crippen molar-refractivity contribution in [2.75, 3.05) is 0 Å². The summed E-state index contributed by atoms with van der Waals surface area (Å²) in [5.74, 6) is 0.169. The highest BCUT2D eigenvalue weighted by atomic mass is 79.9. The van der Waals surface area contributed by atoms with Crippen molar-refractivity contribution in [1.82, 2.24) is 0 Å². The first kappa shape index (κ1) is 9.00. The molecule has 0 heterocycles. The third-order valence-corrected chi connectivity index (χ3v) is 2.23. The van der Waals surface area contributed by atoms with Gasteiger partial charge in [0.1, 0.15) is 12.0 Å². The normalized spacial score (nSPS) is 10.4. The molecule has 0 saturated carbocycles. The predicted octanol–water partition coefficient (Wildman–Crippen LogP) is 2.37. The van der Waals surface area contributed by atoms with Crippen LogP contribution in [0.1, 0.15) is 5.56 Å². The molecule has 1 aromatic rings. The number of carbonyl (C=O) groups excluding carboxylic acids is 1. The van der Waals surface area contributed by atoms with Crippen LogP contribution in [-0.2, 0) is 4.79 Å². The van der Waals surface area contributed by atoms with Gasteiger partial charge in [-0.3, -0.25) is 4.79 Å². The molecule has 0 bridgehead atoms. The molecule has 0 amide bonds. The van der Waals surface area contributed by atoms with Crippen LogP contribution in [0.5, 0.6) is 5.75 Å². The van der Waals surface area contributed by atoms with Crippen molar-refractivity contribution in [2.45, 2.75) is 0 Å². The van der Waals surface area contributed by atoms with E-state index in [1.807, 2.05) is 0 Å². The maximum atomic E-state index is 10.0. The van der Waals surface area contributed by atoms with E-state index in [0.717, 1.165) is 5.56 Å². The summed E-state index contributed by atoms with van der Waals surface area (Å²) < 4.78 is 0.600. The van der Waals surface area contributed by atoms with Crippen molar-refractivity contribution < 1.29 is 9.90 Å². The summed E-state index contributed by atoms with van der Waals surface area (Å²) in [6.45, 7) is 0. The lowest BCUT2D eigenvalue weighted by Gasteiger charge is -1.99. The molecule has 62 valence electrons. The maximum absolute atomic E-state index is 10.0. The molecule has 2 nitrogen and oxygen atoms in total. The van der Waals surface area contributed by atoms with Crippen LogP contribution in [0, 0.1) is 0 Å². The van der Waals surface area contributed by atoms with Gasteiger partial charge in [-0.2, -0.15) is 0 Å². The molecule has 0 aliphatic heterocycles. The fourth-order valence-electron chi connectivity index (χ4n) is 0.809. The van der Waals surface area contributed by atoms with Crippen LogP contribution in [0.4, 0.5) is 0 Å². The van der Waals surface area contributed by atoms with Crippen LogP contribution < -0.4 is 0 Å². The van der Waals surface area contributed by atoms with Crippen molar-refractivity contribution in [3.63, 3.8) is 0 Å². The Kier molecular flexibility index (Phi) is 3.05. The van der Waals surface area contributed by atoms with Gasteiger partial charge in [0.05, 0.1) is 4.47 Å². The fraction of sp³-hybridized carbons (Fsp3) is 0. The minimum atomic E-state index is 0.169. The van der Waals surface area contributed by atoms with Crippen LogP contribution in [0.15, 0.2) is 28.7 Å². The van der Waals surface area contributed by atoms with E-state index < -0.39 is 0 Å². The van der Waals surface area contributed by atoms with Crippen LogP contribution in [-0.4, -0.2) is 11.4 Å². The lowest BCUT2D eigenvalue weighted by Crippen LogP contribution is -1.75. The lowest BCUT2D eigenvalue weighted by molar-refractivity contribution is -0.104. The summed E-state index contributed by atoms with van der Waals surface area (Å²) >= 11 is 3.19. The second-order valence-corrected chi connectivity index (χ2v) is 2.97. The Morgan fingerprint density at radius 1 is 1.42 bits per heavy atom. The minimum absolute atomic E-state index is 0.169. The van der Waals surface area contributed by atoms with Crippen molar-refractivity contribution in [3.8, 4) is 5.75 Å². The van der Waals surface area contributed by atoms with Gasteiger partial charge in [0, 0.05) is 0 Å². The number of aldehydes is 1. The number of allylic oxidation sites excluding steroid dienone is 1.